The summed E-state index contributed by atoms with van der Waals surface area (Å²) in [7, 11) is 1.59. The largest absolute Gasteiger partial charge is 0.573 e. The first-order valence-corrected chi connectivity index (χ1v) is 5.52. The van der Waals surface area contributed by atoms with Crippen molar-refractivity contribution in [2.24, 2.45) is 5.73 Å². The SMILES string of the molecule is COCCCC(N)c1cccc(OC(F)(F)F)c1. The third kappa shape index (κ3) is 5.37. The summed E-state index contributed by atoms with van der Waals surface area (Å²) in [6, 6.07) is 5.41. The van der Waals surface area contributed by atoms with E-state index in [-0.39, 0.29) is 11.8 Å². The molecule has 0 saturated carbocycles. The van der Waals surface area contributed by atoms with Gasteiger partial charge in [0.15, 0.2) is 0 Å². The maximum atomic E-state index is 12.1. The Labute approximate surface area is 104 Å². The molecule has 0 amide bonds. The zero-order chi connectivity index (χ0) is 13.6. The van der Waals surface area contributed by atoms with Gasteiger partial charge in [0, 0.05) is 19.8 Å². The van der Waals surface area contributed by atoms with E-state index in [1.165, 1.54) is 18.2 Å². The number of halogens is 3. The highest BCUT2D eigenvalue weighted by molar-refractivity contribution is 5.30. The molecule has 0 aliphatic carbocycles. The molecule has 2 N–H and O–H groups in total. The predicted octanol–water partition coefficient (Wildman–Crippen LogP) is 3.01. The van der Waals surface area contributed by atoms with E-state index in [9.17, 15) is 13.2 Å². The normalized spacial score (nSPS) is 13.4. The fourth-order valence-corrected chi connectivity index (χ4v) is 1.56. The van der Waals surface area contributed by atoms with Gasteiger partial charge in [0.05, 0.1) is 0 Å². The maximum absolute atomic E-state index is 12.1. The van der Waals surface area contributed by atoms with Gasteiger partial charge in [0.1, 0.15) is 5.75 Å². The Hall–Kier alpha value is -1.27. The molecule has 1 aromatic rings. The average molecular weight is 263 g/mol. The third-order valence-electron chi connectivity index (χ3n) is 2.38. The lowest BCUT2D eigenvalue weighted by molar-refractivity contribution is -0.274. The zero-order valence-electron chi connectivity index (χ0n) is 10.0. The predicted molar refractivity (Wildman–Crippen MR) is 61.2 cm³/mol. The monoisotopic (exact) mass is 263 g/mol. The maximum Gasteiger partial charge on any atom is 0.573 e. The molecule has 0 bridgehead atoms. The lowest BCUT2D eigenvalue weighted by Gasteiger charge is -2.14. The van der Waals surface area contributed by atoms with Gasteiger partial charge >= 0.3 is 6.36 Å². The van der Waals surface area contributed by atoms with E-state index in [4.69, 9.17) is 10.5 Å². The third-order valence-corrected chi connectivity index (χ3v) is 2.38. The number of rotatable bonds is 6. The van der Waals surface area contributed by atoms with E-state index < -0.39 is 6.36 Å². The van der Waals surface area contributed by atoms with Gasteiger partial charge in [0.2, 0.25) is 0 Å². The van der Waals surface area contributed by atoms with Gasteiger partial charge in [-0.15, -0.1) is 13.2 Å². The average Bonchev–Trinajstić information content (AvgIpc) is 2.27. The molecular weight excluding hydrogens is 247 g/mol. The van der Waals surface area contributed by atoms with Crippen LogP contribution in [0.2, 0.25) is 0 Å². The Balaban J connectivity index is 2.63. The fraction of sp³-hybridized carbons (Fsp3) is 0.500. The van der Waals surface area contributed by atoms with Crippen molar-refractivity contribution in [3.63, 3.8) is 0 Å². The topological polar surface area (TPSA) is 44.5 Å². The molecule has 0 radical (unpaired) electrons. The number of nitrogens with two attached hydrogens (primary N) is 1. The van der Waals surface area contributed by atoms with Gasteiger partial charge < -0.3 is 15.2 Å². The van der Waals surface area contributed by atoms with E-state index in [0.29, 0.717) is 18.6 Å². The molecule has 1 rings (SSSR count). The van der Waals surface area contributed by atoms with Crippen molar-refractivity contribution in [1.82, 2.24) is 0 Å². The second-order valence-electron chi connectivity index (χ2n) is 3.86. The van der Waals surface area contributed by atoms with Crippen LogP contribution in [0.1, 0.15) is 24.4 Å². The Kier molecular flexibility index (Phi) is 5.43. The van der Waals surface area contributed by atoms with Crippen molar-refractivity contribution in [2.75, 3.05) is 13.7 Å². The van der Waals surface area contributed by atoms with E-state index in [1.54, 1.807) is 13.2 Å². The molecule has 3 nitrogen and oxygen atoms in total. The van der Waals surface area contributed by atoms with Crippen LogP contribution < -0.4 is 10.5 Å². The van der Waals surface area contributed by atoms with Crippen LogP contribution in [-0.2, 0) is 4.74 Å². The summed E-state index contributed by atoms with van der Waals surface area (Å²) >= 11 is 0. The minimum atomic E-state index is -4.68. The molecule has 0 fully saturated rings. The number of ether oxygens (including phenoxy) is 2. The smallest absolute Gasteiger partial charge is 0.406 e. The van der Waals surface area contributed by atoms with Crippen LogP contribution in [0, 0.1) is 0 Å². The summed E-state index contributed by atoms with van der Waals surface area (Å²) in [5.74, 6) is -0.248. The summed E-state index contributed by atoms with van der Waals surface area (Å²) in [4.78, 5) is 0. The van der Waals surface area contributed by atoms with E-state index >= 15 is 0 Å². The highest BCUT2D eigenvalue weighted by Gasteiger charge is 2.31. The number of hydrogen-bond donors (Lipinski definition) is 1. The van der Waals surface area contributed by atoms with Crippen LogP contribution in [-0.4, -0.2) is 20.1 Å². The Bertz CT molecular complexity index is 369. The first kappa shape index (κ1) is 14.8. The van der Waals surface area contributed by atoms with Gasteiger partial charge in [-0.25, -0.2) is 0 Å². The zero-order valence-corrected chi connectivity index (χ0v) is 10.0. The summed E-state index contributed by atoms with van der Waals surface area (Å²) in [5.41, 5.74) is 6.49. The molecule has 0 heterocycles. The Morgan fingerprint density at radius 1 is 1.33 bits per heavy atom. The highest BCUT2D eigenvalue weighted by Crippen LogP contribution is 2.26. The minimum absolute atomic E-state index is 0.248. The minimum Gasteiger partial charge on any atom is -0.406 e. The van der Waals surface area contributed by atoms with Crippen molar-refractivity contribution < 1.29 is 22.6 Å². The van der Waals surface area contributed by atoms with Crippen molar-refractivity contribution in [2.45, 2.75) is 25.2 Å². The van der Waals surface area contributed by atoms with Crippen molar-refractivity contribution in [3.05, 3.63) is 29.8 Å². The lowest BCUT2D eigenvalue weighted by Crippen LogP contribution is -2.18. The fourth-order valence-electron chi connectivity index (χ4n) is 1.56. The van der Waals surface area contributed by atoms with E-state index in [2.05, 4.69) is 4.74 Å². The van der Waals surface area contributed by atoms with Crippen molar-refractivity contribution in [3.8, 4) is 5.75 Å². The summed E-state index contributed by atoms with van der Waals surface area (Å²) in [6.45, 7) is 0.576. The number of alkyl halides is 3. The molecule has 1 unspecified atom stereocenters. The van der Waals surface area contributed by atoms with Crippen molar-refractivity contribution >= 4 is 0 Å². The first-order chi connectivity index (χ1) is 8.42. The first-order valence-electron chi connectivity index (χ1n) is 5.52. The number of hydrogen-bond acceptors (Lipinski definition) is 3. The van der Waals surface area contributed by atoms with Crippen LogP contribution in [0.5, 0.6) is 5.75 Å². The molecular formula is C12H16F3NO2. The van der Waals surface area contributed by atoms with Crippen LogP contribution >= 0.6 is 0 Å². The van der Waals surface area contributed by atoms with Gasteiger partial charge in [-0.3, -0.25) is 0 Å². The summed E-state index contributed by atoms with van der Waals surface area (Å²) < 4.78 is 44.9. The quantitative estimate of drug-likeness (QED) is 0.802. The standard InChI is InChI=1S/C12H16F3NO2/c1-17-7-3-6-11(16)9-4-2-5-10(8-9)18-12(13,14)15/h2,4-5,8,11H,3,6-7,16H2,1H3. The lowest BCUT2D eigenvalue weighted by atomic mass is 10.0. The molecule has 1 atom stereocenters. The van der Waals surface area contributed by atoms with Crippen LogP contribution in [0.4, 0.5) is 13.2 Å². The molecule has 102 valence electrons. The molecule has 0 saturated heterocycles. The molecule has 0 aliphatic heterocycles. The molecule has 0 aromatic heterocycles. The second kappa shape index (κ2) is 6.61. The molecule has 18 heavy (non-hydrogen) atoms. The summed E-state index contributed by atoms with van der Waals surface area (Å²) in [6.07, 6.45) is -3.29. The van der Waals surface area contributed by atoms with Gasteiger partial charge in [-0.1, -0.05) is 12.1 Å². The van der Waals surface area contributed by atoms with Crippen molar-refractivity contribution in [1.29, 1.82) is 0 Å². The Morgan fingerprint density at radius 3 is 2.67 bits per heavy atom. The van der Waals surface area contributed by atoms with Crippen LogP contribution in [0.25, 0.3) is 0 Å². The van der Waals surface area contributed by atoms with E-state index in [1.807, 2.05) is 0 Å². The number of benzene rings is 1. The summed E-state index contributed by atoms with van der Waals surface area (Å²) in [5, 5.41) is 0. The molecule has 0 aliphatic rings. The molecule has 0 spiro atoms. The molecule has 1 aromatic carbocycles. The van der Waals surface area contributed by atoms with Crippen LogP contribution in [0.3, 0.4) is 0 Å². The van der Waals surface area contributed by atoms with Gasteiger partial charge in [-0.05, 0) is 30.5 Å². The highest BCUT2D eigenvalue weighted by atomic mass is 19.4. The van der Waals surface area contributed by atoms with Crippen LogP contribution in [0.15, 0.2) is 24.3 Å². The van der Waals surface area contributed by atoms with Gasteiger partial charge in [-0.2, -0.15) is 0 Å². The second-order valence-corrected chi connectivity index (χ2v) is 3.86. The Morgan fingerprint density at radius 2 is 2.06 bits per heavy atom. The molecule has 6 heteroatoms. The van der Waals surface area contributed by atoms with E-state index in [0.717, 1.165) is 6.42 Å². The van der Waals surface area contributed by atoms with Gasteiger partial charge in [0.25, 0.3) is 0 Å². The number of methoxy groups -OCH3 is 1.